The molecule has 0 spiro atoms. The lowest BCUT2D eigenvalue weighted by Gasteiger charge is -2.22. The zero-order valence-corrected chi connectivity index (χ0v) is 18.6. The van der Waals surface area contributed by atoms with Gasteiger partial charge in [0.2, 0.25) is 5.91 Å². The third kappa shape index (κ3) is 6.11. The molecule has 0 aliphatic carbocycles. The molecule has 0 bridgehead atoms. The molecule has 0 saturated heterocycles. The van der Waals surface area contributed by atoms with E-state index in [2.05, 4.69) is 5.32 Å². The van der Waals surface area contributed by atoms with Crippen molar-refractivity contribution in [1.82, 2.24) is 10.2 Å². The molecule has 0 aromatic heterocycles. The van der Waals surface area contributed by atoms with Gasteiger partial charge < -0.3 is 19.7 Å². The molecule has 166 valence electrons. The Bertz CT molecular complexity index is 1040. The molecule has 1 atom stereocenters. The molecule has 0 aliphatic heterocycles. The minimum atomic E-state index is -0.681. The highest BCUT2D eigenvalue weighted by atomic mass is 16.5. The summed E-state index contributed by atoms with van der Waals surface area (Å²) in [6.45, 7) is 0.388. The molecule has 3 aromatic rings. The largest absolute Gasteiger partial charge is 0.493 e. The number of methoxy groups -OCH3 is 1. The highest BCUT2D eigenvalue weighted by Gasteiger charge is 2.24. The third-order valence-corrected chi connectivity index (χ3v) is 4.99. The van der Waals surface area contributed by atoms with Crippen molar-refractivity contribution in [3.8, 4) is 11.5 Å². The van der Waals surface area contributed by atoms with Gasteiger partial charge in [0, 0.05) is 26.1 Å². The molecule has 3 rings (SSSR count). The van der Waals surface area contributed by atoms with E-state index in [1.54, 1.807) is 32.3 Å². The van der Waals surface area contributed by atoms with Crippen LogP contribution in [0.2, 0.25) is 0 Å². The lowest BCUT2D eigenvalue weighted by atomic mass is 10.0. The molecule has 0 aliphatic rings. The Morgan fingerprint density at radius 2 is 1.50 bits per heavy atom. The molecular weight excluding hydrogens is 404 g/mol. The number of benzene rings is 3. The Labute approximate surface area is 188 Å². The average Bonchev–Trinajstić information content (AvgIpc) is 2.82. The van der Waals surface area contributed by atoms with Crippen LogP contribution in [0.4, 0.5) is 0 Å². The van der Waals surface area contributed by atoms with Crippen molar-refractivity contribution in [2.75, 3.05) is 21.2 Å². The topological polar surface area (TPSA) is 67.9 Å². The Kier molecular flexibility index (Phi) is 7.86. The molecule has 6 nitrogen and oxygen atoms in total. The molecule has 3 aromatic carbocycles. The normalized spacial score (nSPS) is 11.3. The van der Waals surface area contributed by atoms with E-state index in [9.17, 15) is 9.59 Å². The molecule has 1 unspecified atom stereocenters. The highest BCUT2D eigenvalue weighted by molar-refractivity contribution is 5.98. The monoisotopic (exact) mass is 432 g/mol. The molecule has 2 amide bonds. The van der Waals surface area contributed by atoms with Crippen LogP contribution in [0.3, 0.4) is 0 Å². The molecule has 32 heavy (non-hydrogen) atoms. The van der Waals surface area contributed by atoms with E-state index < -0.39 is 6.04 Å². The van der Waals surface area contributed by atoms with Crippen LogP contribution in [0, 0.1) is 0 Å². The number of nitrogens with zero attached hydrogens (tertiary/aromatic N) is 1. The fourth-order valence-electron chi connectivity index (χ4n) is 3.27. The van der Waals surface area contributed by atoms with Crippen molar-refractivity contribution in [2.45, 2.75) is 19.1 Å². The number of carbonyl (C=O) groups is 2. The van der Waals surface area contributed by atoms with Crippen molar-refractivity contribution in [1.29, 1.82) is 0 Å². The van der Waals surface area contributed by atoms with Gasteiger partial charge in [-0.1, -0.05) is 60.7 Å². The molecule has 6 heteroatoms. The maximum atomic E-state index is 13.0. The van der Waals surface area contributed by atoms with Gasteiger partial charge in [0.25, 0.3) is 5.91 Å². The molecular formula is C26H28N2O4. The van der Waals surface area contributed by atoms with Gasteiger partial charge in [0.15, 0.2) is 11.5 Å². The zero-order chi connectivity index (χ0) is 22.9. The van der Waals surface area contributed by atoms with Gasteiger partial charge in [0.1, 0.15) is 12.6 Å². The standard InChI is InChI=1S/C26H28N2O4/c1-28(2)26(30)22(16-19-10-6-4-7-11-19)27-25(29)21-14-15-23(24(17-21)31-3)32-18-20-12-8-5-9-13-20/h4-15,17,22H,16,18H2,1-3H3,(H,27,29). The smallest absolute Gasteiger partial charge is 0.252 e. The first kappa shape index (κ1) is 22.9. The van der Waals surface area contributed by atoms with E-state index >= 15 is 0 Å². The summed E-state index contributed by atoms with van der Waals surface area (Å²) in [5, 5.41) is 2.87. The van der Waals surface area contributed by atoms with E-state index in [1.807, 2.05) is 60.7 Å². The number of amides is 2. The van der Waals surface area contributed by atoms with E-state index in [-0.39, 0.29) is 11.8 Å². The Morgan fingerprint density at radius 3 is 2.09 bits per heavy atom. The number of nitrogens with one attached hydrogen (secondary N) is 1. The summed E-state index contributed by atoms with van der Waals surface area (Å²) in [7, 11) is 4.88. The number of hydrogen-bond acceptors (Lipinski definition) is 4. The lowest BCUT2D eigenvalue weighted by Crippen LogP contribution is -2.47. The quantitative estimate of drug-likeness (QED) is 0.560. The Balaban J connectivity index is 1.73. The fraction of sp³-hybridized carbons (Fsp3) is 0.231. The molecule has 0 saturated carbocycles. The second-order valence-corrected chi connectivity index (χ2v) is 7.59. The van der Waals surface area contributed by atoms with Gasteiger partial charge in [-0.05, 0) is 29.3 Å². The van der Waals surface area contributed by atoms with Gasteiger partial charge in [-0.15, -0.1) is 0 Å². The van der Waals surface area contributed by atoms with Crippen LogP contribution in [-0.4, -0.2) is 44.0 Å². The Morgan fingerprint density at radius 1 is 0.875 bits per heavy atom. The number of ether oxygens (including phenoxy) is 2. The summed E-state index contributed by atoms with van der Waals surface area (Å²) in [4.78, 5) is 27.1. The van der Waals surface area contributed by atoms with Crippen LogP contribution in [0.1, 0.15) is 21.5 Å². The van der Waals surface area contributed by atoms with Gasteiger partial charge in [0.05, 0.1) is 7.11 Å². The summed E-state index contributed by atoms with van der Waals surface area (Å²) >= 11 is 0. The summed E-state index contributed by atoms with van der Waals surface area (Å²) in [5.41, 5.74) is 2.39. The van der Waals surface area contributed by atoms with Crippen molar-refractivity contribution < 1.29 is 19.1 Å². The molecule has 0 radical (unpaired) electrons. The predicted octanol–water partition coefficient (Wildman–Crippen LogP) is 3.70. The SMILES string of the molecule is COc1cc(C(=O)NC(Cc2ccccc2)C(=O)N(C)C)ccc1OCc1ccccc1. The van der Waals surface area contributed by atoms with E-state index in [0.29, 0.717) is 30.1 Å². The van der Waals surface area contributed by atoms with Crippen molar-refractivity contribution in [3.63, 3.8) is 0 Å². The fourth-order valence-corrected chi connectivity index (χ4v) is 3.27. The average molecular weight is 433 g/mol. The first-order valence-corrected chi connectivity index (χ1v) is 10.4. The number of hydrogen-bond donors (Lipinski definition) is 1. The predicted molar refractivity (Wildman–Crippen MR) is 124 cm³/mol. The minimum absolute atomic E-state index is 0.169. The van der Waals surface area contributed by atoms with Crippen LogP contribution >= 0.6 is 0 Å². The van der Waals surface area contributed by atoms with Gasteiger partial charge in [-0.25, -0.2) is 0 Å². The molecule has 1 N–H and O–H groups in total. The zero-order valence-electron chi connectivity index (χ0n) is 18.6. The van der Waals surface area contributed by atoms with E-state index in [1.165, 1.54) is 12.0 Å². The van der Waals surface area contributed by atoms with Crippen LogP contribution in [-0.2, 0) is 17.8 Å². The minimum Gasteiger partial charge on any atom is -0.493 e. The summed E-state index contributed by atoms with van der Waals surface area (Å²) in [6, 6.07) is 23.7. The summed E-state index contributed by atoms with van der Waals surface area (Å²) < 4.78 is 11.3. The third-order valence-electron chi connectivity index (χ3n) is 4.99. The van der Waals surface area contributed by atoms with Gasteiger partial charge in [-0.3, -0.25) is 9.59 Å². The number of likely N-dealkylation sites (N-methyl/N-ethyl adjacent to an activating group) is 1. The van der Waals surface area contributed by atoms with Gasteiger partial charge in [-0.2, -0.15) is 0 Å². The van der Waals surface area contributed by atoms with Crippen LogP contribution in [0.15, 0.2) is 78.9 Å². The number of rotatable bonds is 9. The summed E-state index contributed by atoms with van der Waals surface area (Å²) in [5.74, 6) is 0.469. The maximum Gasteiger partial charge on any atom is 0.252 e. The number of carbonyl (C=O) groups excluding carboxylic acids is 2. The molecule has 0 fully saturated rings. The van der Waals surface area contributed by atoms with Crippen molar-refractivity contribution >= 4 is 11.8 Å². The first-order chi connectivity index (χ1) is 15.5. The maximum absolute atomic E-state index is 13.0. The van der Waals surface area contributed by atoms with Crippen molar-refractivity contribution in [3.05, 3.63) is 95.6 Å². The molecule has 0 heterocycles. The van der Waals surface area contributed by atoms with E-state index in [0.717, 1.165) is 11.1 Å². The van der Waals surface area contributed by atoms with Crippen LogP contribution < -0.4 is 14.8 Å². The van der Waals surface area contributed by atoms with Crippen molar-refractivity contribution in [2.24, 2.45) is 0 Å². The highest BCUT2D eigenvalue weighted by Crippen LogP contribution is 2.29. The second kappa shape index (κ2) is 11.0. The summed E-state index contributed by atoms with van der Waals surface area (Å²) in [6.07, 6.45) is 0.402. The second-order valence-electron chi connectivity index (χ2n) is 7.59. The van der Waals surface area contributed by atoms with Crippen LogP contribution in [0.5, 0.6) is 11.5 Å². The lowest BCUT2D eigenvalue weighted by molar-refractivity contribution is -0.130. The Hall–Kier alpha value is -3.80. The van der Waals surface area contributed by atoms with Gasteiger partial charge >= 0.3 is 0 Å². The van der Waals surface area contributed by atoms with Crippen LogP contribution in [0.25, 0.3) is 0 Å². The van der Waals surface area contributed by atoms with E-state index in [4.69, 9.17) is 9.47 Å². The first-order valence-electron chi connectivity index (χ1n) is 10.4.